The molecule has 0 unspecified atom stereocenters. The highest BCUT2D eigenvalue weighted by molar-refractivity contribution is 7.88. The van der Waals surface area contributed by atoms with Crippen molar-refractivity contribution in [1.82, 2.24) is 9.21 Å². The van der Waals surface area contributed by atoms with Gasteiger partial charge < -0.3 is 9.32 Å². The van der Waals surface area contributed by atoms with E-state index in [1.54, 1.807) is 12.1 Å². The van der Waals surface area contributed by atoms with Gasteiger partial charge in [-0.05, 0) is 49.3 Å². The Morgan fingerprint density at radius 2 is 2.04 bits per heavy atom. The van der Waals surface area contributed by atoms with Gasteiger partial charge in [-0.2, -0.15) is 8.42 Å². The number of carbonyl (C=O) groups excluding carboxylic acids is 1. The maximum absolute atomic E-state index is 13.4. The standard InChI is InChI=1S/C19H25N3O4S/c1-13-9-10-22(16-7-4-3-6-14(13)16)19(23)17-12-15(18-8-5-11-26-18)20-27(24,25)21(17)2/h5,8,11-14,16H,3-4,6-7,9-10H2,1-2H3/t13-,14-,16-/m1/s1. The van der Waals surface area contributed by atoms with Gasteiger partial charge in [0.15, 0.2) is 5.76 Å². The van der Waals surface area contributed by atoms with Crippen LogP contribution in [0.5, 0.6) is 0 Å². The van der Waals surface area contributed by atoms with E-state index in [0.29, 0.717) is 24.1 Å². The highest BCUT2D eigenvalue weighted by atomic mass is 32.2. The van der Waals surface area contributed by atoms with Crippen LogP contribution in [0.25, 0.3) is 0 Å². The summed E-state index contributed by atoms with van der Waals surface area (Å²) in [7, 11) is -2.58. The van der Waals surface area contributed by atoms with E-state index in [4.69, 9.17) is 4.42 Å². The fraction of sp³-hybridized carbons (Fsp3) is 0.579. The van der Waals surface area contributed by atoms with Gasteiger partial charge in [0, 0.05) is 19.6 Å². The first kappa shape index (κ1) is 18.3. The van der Waals surface area contributed by atoms with Crippen LogP contribution in [-0.2, 0) is 15.0 Å². The first-order valence-electron chi connectivity index (χ1n) is 9.54. The number of furan rings is 1. The molecule has 1 aliphatic carbocycles. The minimum absolute atomic E-state index is 0.135. The van der Waals surface area contributed by atoms with Gasteiger partial charge in [0.05, 0.1) is 6.26 Å². The summed E-state index contributed by atoms with van der Waals surface area (Å²) >= 11 is 0. The highest BCUT2D eigenvalue weighted by Crippen LogP contribution is 2.39. The average Bonchev–Trinajstić information content (AvgIpc) is 3.19. The van der Waals surface area contributed by atoms with Gasteiger partial charge in [0.25, 0.3) is 5.91 Å². The summed E-state index contributed by atoms with van der Waals surface area (Å²) in [6.45, 7) is 2.93. The number of fused-ring (bicyclic) bond motifs is 1. The van der Waals surface area contributed by atoms with Crippen molar-refractivity contribution in [3.63, 3.8) is 0 Å². The summed E-state index contributed by atoms with van der Waals surface area (Å²) in [5.41, 5.74) is 0.294. The van der Waals surface area contributed by atoms with E-state index in [1.165, 1.54) is 25.8 Å². The van der Waals surface area contributed by atoms with E-state index in [9.17, 15) is 13.2 Å². The zero-order valence-electron chi connectivity index (χ0n) is 15.7. The van der Waals surface area contributed by atoms with Crippen molar-refractivity contribution in [2.24, 2.45) is 16.2 Å². The molecule has 0 bridgehead atoms. The minimum atomic E-state index is -3.96. The van der Waals surface area contributed by atoms with Gasteiger partial charge in [-0.1, -0.05) is 19.8 Å². The summed E-state index contributed by atoms with van der Waals surface area (Å²) in [5, 5.41) is 0. The van der Waals surface area contributed by atoms with Crippen LogP contribution in [0.4, 0.5) is 0 Å². The van der Waals surface area contributed by atoms with Gasteiger partial charge in [-0.15, -0.1) is 4.40 Å². The van der Waals surface area contributed by atoms with Crippen molar-refractivity contribution in [2.75, 3.05) is 13.6 Å². The Bertz CT molecular complexity index is 888. The Labute approximate surface area is 159 Å². The molecule has 3 atom stereocenters. The summed E-state index contributed by atoms with van der Waals surface area (Å²) in [6.07, 6.45) is 8.39. The zero-order valence-corrected chi connectivity index (χ0v) is 16.5. The van der Waals surface area contributed by atoms with Crippen molar-refractivity contribution in [3.05, 3.63) is 35.9 Å². The van der Waals surface area contributed by atoms with Crippen molar-refractivity contribution in [2.45, 2.75) is 45.1 Å². The number of carbonyl (C=O) groups is 1. The SMILES string of the molecule is C[C@@H]1CCN(C(=O)C2=CC(c3ccco3)=NS(=O)(=O)N2C)[C@@H]2CCCC[C@H]12. The first-order chi connectivity index (χ1) is 12.9. The second kappa shape index (κ2) is 6.82. The van der Waals surface area contributed by atoms with E-state index in [2.05, 4.69) is 11.3 Å². The van der Waals surface area contributed by atoms with E-state index >= 15 is 0 Å². The Morgan fingerprint density at radius 1 is 1.26 bits per heavy atom. The van der Waals surface area contributed by atoms with Gasteiger partial charge in [0.1, 0.15) is 11.4 Å². The molecule has 0 N–H and O–H groups in total. The third kappa shape index (κ3) is 3.20. The second-order valence-corrected chi connectivity index (χ2v) is 9.33. The number of hydrogen-bond donors (Lipinski definition) is 0. The molecule has 1 saturated carbocycles. The largest absolute Gasteiger partial charge is 0.463 e. The number of amides is 1. The van der Waals surface area contributed by atoms with Crippen molar-refractivity contribution >= 4 is 21.8 Å². The Morgan fingerprint density at radius 3 is 2.78 bits per heavy atom. The van der Waals surface area contributed by atoms with E-state index in [1.807, 2.05) is 4.90 Å². The molecule has 8 heteroatoms. The number of allylic oxidation sites excluding steroid dienone is 1. The summed E-state index contributed by atoms with van der Waals surface area (Å²) < 4.78 is 35.1. The van der Waals surface area contributed by atoms with Crippen LogP contribution >= 0.6 is 0 Å². The van der Waals surface area contributed by atoms with Crippen molar-refractivity contribution < 1.29 is 17.6 Å². The van der Waals surface area contributed by atoms with Crippen LogP contribution in [0.15, 0.2) is 39.0 Å². The smallest absolute Gasteiger partial charge is 0.345 e. The molecule has 27 heavy (non-hydrogen) atoms. The maximum Gasteiger partial charge on any atom is 0.345 e. The van der Waals surface area contributed by atoms with Crippen LogP contribution in [0, 0.1) is 11.8 Å². The molecule has 2 aliphatic heterocycles. The molecule has 1 aromatic heterocycles. The number of hydrogen-bond acceptors (Lipinski definition) is 4. The highest BCUT2D eigenvalue weighted by Gasteiger charge is 2.42. The van der Waals surface area contributed by atoms with Crippen LogP contribution < -0.4 is 0 Å². The zero-order chi connectivity index (χ0) is 19.2. The van der Waals surface area contributed by atoms with Gasteiger partial charge in [-0.25, -0.2) is 4.31 Å². The van der Waals surface area contributed by atoms with Crippen molar-refractivity contribution in [3.8, 4) is 0 Å². The topological polar surface area (TPSA) is 83.2 Å². The molecule has 1 amide bonds. The molecule has 0 spiro atoms. The van der Waals surface area contributed by atoms with Crippen LogP contribution in [0.2, 0.25) is 0 Å². The Kier molecular flexibility index (Phi) is 4.61. The molecular formula is C19H25N3O4S. The molecule has 3 aliphatic rings. The molecule has 2 fully saturated rings. The van der Waals surface area contributed by atoms with E-state index in [0.717, 1.165) is 30.0 Å². The number of likely N-dealkylation sites (tertiary alicyclic amines) is 1. The lowest BCUT2D eigenvalue weighted by Crippen LogP contribution is -2.54. The first-order valence-corrected chi connectivity index (χ1v) is 10.9. The van der Waals surface area contributed by atoms with Crippen LogP contribution in [0.1, 0.15) is 44.8 Å². The normalized spacial score (nSPS) is 30.4. The van der Waals surface area contributed by atoms with Gasteiger partial charge in [-0.3, -0.25) is 4.79 Å². The third-order valence-corrected chi connectivity index (χ3v) is 7.48. The predicted octanol–water partition coefficient (Wildman–Crippen LogP) is 2.57. The lowest BCUT2D eigenvalue weighted by Gasteiger charge is -2.47. The van der Waals surface area contributed by atoms with E-state index in [-0.39, 0.29) is 23.4 Å². The summed E-state index contributed by atoms with van der Waals surface area (Å²) in [5.74, 6) is 1.20. The van der Waals surface area contributed by atoms with Crippen molar-refractivity contribution in [1.29, 1.82) is 0 Å². The fourth-order valence-corrected chi connectivity index (χ4v) is 5.50. The fourth-order valence-electron chi connectivity index (χ4n) is 4.61. The van der Waals surface area contributed by atoms with Crippen LogP contribution in [0.3, 0.4) is 0 Å². The third-order valence-electron chi connectivity index (χ3n) is 6.16. The number of rotatable bonds is 2. The Balaban J connectivity index is 1.68. The quantitative estimate of drug-likeness (QED) is 0.776. The minimum Gasteiger partial charge on any atom is -0.463 e. The maximum atomic E-state index is 13.4. The van der Waals surface area contributed by atoms with E-state index < -0.39 is 10.2 Å². The predicted molar refractivity (Wildman–Crippen MR) is 101 cm³/mol. The molecule has 4 rings (SSSR count). The number of nitrogens with zero attached hydrogens (tertiary/aromatic N) is 3. The average molecular weight is 391 g/mol. The lowest BCUT2D eigenvalue weighted by atomic mass is 9.72. The summed E-state index contributed by atoms with van der Waals surface area (Å²) in [4.78, 5) is 15.3. The molecule has 7 nitrogen and oxygen atoms in total. The number of piperidine rings is 1. The molecule has 0 aromatic carbocycles. The van der Waals surface area contributed by atoms with Crippen LogP contribution in [-0.4, -0.2) is 48.9 Å². The summed E-state index contributed by atoms with van der Waals surface area (Å²) in [6, 6.07) is 3.49. The molecule has 0 radical (unpaired) electrons. The monoisotopic (exact) mass is 391 g/mol. The second-order valence-electron chi connectivity index (χ2n) is 7.71. The molecule has 1 aromatic rings. The molecule has 3 heterocycles. The molecule has 1 saturated heterocycles. The van der Waals surface area contributed by atoms with Gasteiger partial charge >= 0.3 is 10.2 Å². The lowest BCUT2D eigenvalue weighted by molar-refractivity contribution is -0.135. The number of likely N-dealkylation sites (N-methyl/N-ethyl adjacent to an activating group) is 1. The Hall–Kier alpha value is -2.09. The molecule has 146 valence electrons. The van der Waals surface area contributed by atoms with Gasteiger partial charge in [0.2, 0.25) is 0 Å². The molecular weight excluding hydrogens is 366 g/mol.